The number of carbonyl (C=O) groups is 1. The molecule has 120 valence electrons. The Bertz CT molecular complexity index is 596. The van der Waals surface area contributed by atoms with E-state index in [4.69, 9.17) is 0 Å². The number of nitrogens with zero attached hydrogens (tertiary/aromatic N) is 2. The Morgan fingerprint density at radius 2 is 1.95 bits per heavy atom. The summed E-state index contributed by atoms with van der Waals surface area (Å²) in [5, 5.41) is 13.9. The van der Waals surface area contributed by atoms with Crippen LogP contribution in [0.25, 0.3) is 0 Å². The number of alkyl halides is 3. The van der Waals surface area contributed by atoms with Gasteiger partial charge >= 0.3 is 6.18 Å². The third kappa shape index (κ3) is 2.85. The number of rotatable bonds is 3. The maximum absolute atomic E-state index is 13.2. The summed E-state index contributed by atoms with van der Waals surface area (Å²) < 4.78 is 39.7. The highest BCUT2D eigenvalue weighted by atomic mass is 19.4. The molecule has 0 radical (unpaired) electrons. The predicted octanol–water partition coefficient (Wildman–Crippen LogP) is 3.25. The molecule has 1 atom stereocenters. The van der Waals surface area contributed by atoms with Crippen LogP contribution in [0.15, 0.2) is 29.4 Å². The minimum Gasteiger partial charge on any atom is -0.362 e. The van der Waals surface area contributed by atoms with Crippen LogP contribution in [-0.4, -0.2) is 33.6 Å². The quantitative estimate of drug-likeness (QED) is 0.931. The Morgan fingerprint density at radius 3 is 2.45 bits per heavy atom. The first-order valence-corrected chi connectivity index (χ1v) is 6.95. The summed E-state index contributed by atoms with van der Waals surface area (Å²) >= 11 is 0. The SMILES string of the molecule is CCCC1=NN(C(=O)c2ccc(C)cc2)C(O)(C(F)(F)F)C1. The van der Waals surface area contributed by atoms with Gasteiger partial charge in [0.2, 0.25) is 0 Å². The van der Waals surface area contributed by atoms with E-state index in [1.807, 2.05) is 0 Å². The largest absolute Gasteiger partial charge is 0.438 e. The van der Waals surface area contributed by atoms with Crippen molar-refractivity contribution in [2.75, 3.05) is 0 Å². The van der Waals surface area contributed by atoms with Gasteiger partial charge in [0.1, 0.15) is 0 Å². The fourth-order valence-electron chi connectivity index (χ4n) is 2.30. The summed E-state index contributed by atoms with van der Waals surface area (Å²) in [4.78, 5) is 12.3. The number of hydrogen-bond acceptors (Lipinski definition) is 3. The Balaban J connectivity index is 2.39. The van der Waals surface area contributed by atoms with Gasteiger partial charge < -0.3 is 5.11 Å². The van der Waals surface area contributed by atoms with Crippen LogP contribution in [0.5, 0.6) is 0 Å². The van der Waals surface area contributed by atoms with E-state index >= 15 is 0 Å². The molecule has 0 aliphatic carbocycles. The second kappa shape index (κ2) is 5.72. The number of aliphatic hydroxyl groups is 1. The molecule has 7 heteroatoms. The molecule has 1 aliphatic heterocycles. The van der Waals surface area contributed by atoms with Crippen molar-refractivity contribution in [2.45, 2.75) is 45.0 Å². The number of aryl methyl sites for hydroxylation is 1. The molecular formula is C15H17F3N2O2. The third-order valence-electron chi connectivity index (χ3n) is 3.53. The van der Waals surface area contributed by atoms with E-state index in [1.165, 1.54) is 12.1 Å². The van der Waals surface area contributed by atoms with Crippen LogP contribution >= 0.6 is 0 Å². The molecule has 2 rings (SSSR count). The summed E-state index contributed by atoms with van der Waals surface area (Å²) in [5.74, 6) is -0.967. The van der Waals surface area contributed by atoms with Crippen molar-refractivity contribution in [3.8, 4) is 0 Å². The van der Waals surface area contributed by atoms with Crippen molar-refractivity contribution in [1.82, 2.24) is 5.01 Å². The molecule has 1 amide bonds. The first-order valence-electron chi connectivity index (χ1n) is 6.95. The summed E-state index contributed by atoms with van der Waals surface area (Å²) in [5.41, 5.74) is -2.18. The van der Waals surface area contributed by atoms with Crippen LogP contribution in [0.2, 0.25) is 0 Å². The van der Waals surface area contributed by atoms with Crippen molar-refractivity contribution in [2.24, 2.45) is 5.10 Å². The molecule has 1 unspecified atom stereocenters. The second-order valence-electron chi connectivity index (χ2n) is 5.39. The standard InChI is InChI=1S/C15H17F3N2O2/c1-3-4-12-9-14(22,15(16,17)18)20(19-12)13(21)11-7-5-10(2)6-8-11/h5-8,22H,3-4,9H2,1-2H3. The van der Waals surface area contributed by atoms with Gasteiger partial charge in [-0.05, 0) is 25.5 Å². The number of carbonyl (C=O) groups excluding carboxylic acids is 1. The smallest absolute Gasteiger partial charge is 0.362 e. The van der Waals surface area contributed by atoms with E-state index in [0.29, 0.717) is 12.8 Å². The first kappa shape index (κ1) is 16.5. The number of hydrogen-bond donors (Lipinski definition) is 1. The van der Waals surface area contributed by atoms with Crippen LogP contribution in [0, 0.1) is 6.92 Å². The van der Waals surface area contributed by atoms with Crippen molar-refractivity contribution in [3.63, 3.8) is 0 Å². The fourth-order valence-corrected chi connectivity index (χ4v) is 2.30. The lowest BCUT2D eigenvalue weighted by molar-refractivity contribution is -0.297. The van der Waals surface area contributed by atoms with Gasteiger partial charge in [-0.2, -0.15) is 23.3 Å². The van der Waals surface area contributed by atoms with Crippen LogP contribution in [0.1, 0.15) is 42.1 Å². The number of halogens is 3. The Kier molecular flexibility index (Phi) is 4.28. The number of benzene rings is 1. The molecule has 0 spiro atoms. The average Bonchev–Trinajstić information content (AvgIpc) is 2.77. The summed E-state index contributed by atoms with van der Waals surface area (Å²) in [6.07, 6.45) is -4.80. The molecule has 1 aromatic carbocycles. The molecule has 4 nitrogen and oxygen atoms in total. The molecular weight excluding hydrogens is 297 g/mol. The van der Waals surface area contributed by atoms with Gasteiger partial charge in [-0.15, -0.1) is 0 Å². The topological polar surface area (TPSA) is 52.9 Å². The zero-order valence-electron chi connectivity index (χ0n) is 12.3. The van der Waals surface area contributed by atoms with Crippen LogP contribution in [0.4, 0.5) is 13.2 Å². The first-order chi connectivity index (χ1) is 10.2. The minimum atomic E-state index is -4.98. The fraction of sp³-hybridized carbons (Fsp3) is 0.467. The Labute approximate surface area is 126 Å². The minimum absolute atomic E-state index is 0.0507. The van der Waals surface area contributed by atoms with Crippen molar-refractivity contribution in [1.29, 1.82) is 0 Å². The molecule has 1 heterocycles. The third-order valence-corrected chi connectivity index (χ3v) is 3.53. The molecule has 0 fully saturated rings. The molecule has 1 N–H and O–H groups in total. The van der Waals surface area contributed by atoms with Gasteiger partial charge in [-0.25, -0.2) is 0 Å². The van der Waals surface area contributed by atoms with E-state index in [9.17, 15) is 23.1 Å². The van der Waals surface area contributed by atoms with Gasteiger partial charge in [0.25, 0.3) is 11.6 Å². The van der Waals surface area contributed by atoms with Crippen molar-refractivity contribution in [3.05, 3.63) is 35.4 Å². The van der Waals surface area contributed by atoms with E-state index in [2.05, 4.69) is 5.10 Å². The summed E-state index contributed by atoms with van der Waals surface area (Å²) in [6.45, 7) is 3.59. The van der Waals surface area contributed by atoms with Crippen LogP contribution in [0.3, 0.4) is 0 Å². The highest BCUT2D eigenvalue weighted by Crippen LogP contribution is 2.41. The molecule has 1 aliphatic rings. The lowest BCUT2D eigenvalue weighted by Crippen LogP contribution is -2.56. The van der Waals surface area contributed by atoms with E-state index in [1.54, 1.807) is 26.0 Å². The Morgan fingerprint density at radius 1 is 1.36 bits per heavy atom. The molecule has 0 saturated heterocycles. The highest BCUT2D eigenvalue weighted by Gasteiger charge is 2.63. The van der Waals surface area contributed by atoms with Gasteiger partial charge in [0.05, 0.1) is 0 Å². The lowest BCUT2D eigenvalue weighted by Gasteiger charge is -2.32. The lowest BCUT2D eigenvalue weighted by atomic mass is 10.0. The zero-order chi connectivity index (χ0) is 16.5. The van der Waals surface area contributed by atoms with Crippen molar-refractivity contribution >= 4 is 11.6 Å². The molecule has 0 bridgehead atoms. The van der Waals surface area contributed by atoms with E-state index in [0.717, 1.165) is 5.56 Å². The van der Waals surface area contributed by atoms with Gasteiger partial charge in [-0.1, -0.05) is 31.0 Å². The number of amides is 1. The van der Waals surface area contributed by atoms with Gasteiger partial charge in [0, 0.05) is 17.7 Å². The van der Waals surface area contributed by atoms with E-state index < -0.39 is 24.2 Å². The highest BCUT2D eigenvalue weighted by molar-refractivity contribution is 5.98. The molecule has 1 aromatic rings. The number of hydrazone groups is 1. The predicted molar refractivity (Wildman–Crippen MR) is 75.3 cm³/mol. The molecule has 22 heavy (non-hydrogen) atoms. The summed E-state index contributed by atoms with van der Waals surface area (Å²) in [6, 6.07) is 6.07. The van der Waals surface area contributed by atoms with Crippen LogP contribution < -0.4 is 0 Å². The van der Waals surface area contributed by atoms with Crippen LogP contribution in [-0.2, 0) is 0 Å². The van der Waals surface area contributed by atoms with E-state index in [-0.39, 0.29) is 16.3 Å². The van der Waals surface area contributed by atoms with Crippen molar-refractivity contribution < 1.29 is 23.1 Å². The monoisotopic (exact) mass is 314 g/mol. The maximum Gasteiger partial charge on any atom is 0.438 e. The Hall–Kier alpha value is -1.89. The molecule has 0 aromatic heterocycles. The second-order valence-corrected chi connectivity index (χ2v) is 5.39. The average molecular weight is 314 g/mol. The van der Waals surface area contributed by atoms with Gasteiger partial charge in [-0.3, -0.25) is 4.79 Å². The normalized spacial score (nSPS) is 21.9. The zero-order valence-corrected chi connectivity index (χ0v) is 12.3. The summed E-state index contributed by atoms with van der Waals surface area (Å²) in [7, 11) is 0. The van der Waals surface area contributed by atoms with Gasteiger partial charge in [0.15, 0.2) is 0 Å². The maximum atomic E-state index is 13.2. The molecule has 0 saturated carbocycles.